The quantitative estimate of drug-likeness (QED) is 0.196. The molecule has 1 fully saturated rings. The number of carbonyl (C=O) groups is 3. The molecule has 0 aliphatic carbocycles. The summed E-state index contributed by atoms with van der Waals surface area (Å²) in [4.78, 5) is 47.0. The van der Waals surface area contributed by atoms with E-state index in [-0.39, 0.29) is 35.6 Å². The van der Waals surface area contributed by atoms with E-state index in [1.54, 1.807) is 18.6 Å². The van der Waals surface area contributed by atoms with Crippen LogP contribution in [0.4, 0.5) is 15.7 Å². The van der Waals surface area contributed by atoms with Crippen LogP contribution in [0.1, 0.15) is 17.6 Å². The first-order valence-electron chi connectivity index (χ1n) is 8.79. The van der Waals surface area contributed by atoms with Crippen LogP contribution in [0.2, 0.25) is 0 Å². The second-order valence-electron chi connectivity index (χ2n) is 6.12. The number of nitrogens with zero attached hydrogens (tertiary/aromatic N) is 5. The Hall–Kier alpha value is -3.38. The Labute approximate surface area is 189 Å². The van der Waals surface area contributed by atoms with Gasteiger partial charge in [0.05, 0.1) is 6.54 Å². The zero-order chi connectivity index (χ0) is 23.5. The predicted octanol–water partition coefficient (Wildman–Crippen LogP) is -0.981. The van der Waals surface area contributed by atoms with E-state index in [0.29, 0.717) is 4.90 Å². The Morgan fingerprint density at radius 3 is 2.69 bits per heavy atom. The molecule has 1 atom stereocenters. The third-order valence-electron chi connectivity index (χ3n) is 3.72. The molecule has 0 spiro atoms. The van der Waals surface area contributed by atoms with Crippen molar-refractivity contribution in [1.82, 2.24) is 28.7 Å². The third-order valence-corrected chi connectivity index (χ3v) is 5.88. The van der Waals surface area contributed by atoms with Crippen molar-refractivity contribution in [2.24, 2.45) is 5.16 Å². The Morgan fingerprint density at radius 2 is 2.12 bits per heavy atom. The van der Waals surface area contributed by atoms with Gasteiger partial charge in [0, 0.05) is 16.4 Å². The van der Waals surface area contributed by atoms with Crippen molar-refractivity contribution >= 4 is 67.8 Å². The number of β-lactam (4-membered cyclic amide) rings is 1. The SMILES string of the molecule is CCO/N=C(\C(=O)N[C@H]1CN(C(=O)NS(=O)(=O)Nc2cc(C)sn2)C1=O)c1nsc(N)n1. The molecule has 3 rings (SSSR count). The van der Waals surface area contributed by atoms with Gasteiger partial charge in [-0.25, -0.2) is 14.2 Å². The molecule has 32 heavy (non-hydrogen) atoms. The number of imide groups is 1. The molecule has 0 unspecified atom stereocenters. The number of carbonyl (C=O) groups excluding carboxylic acids is 3. The predicted molar refractivity (Wildman–Crippen MR) is 114 cm³/mol. The first kappa shape index (κ1) is 23.3. The molecule has 1 saturated heterocycles. The molecular formula is C14H17N9O6S3. The smallest absolute Gasteiger partial charge is 0.339 e. The number of urea groups is 1. The highest BCUT2D eigenvalue weighted by molar-refractivity contribution is 7.91. The molecule has 4 amide bonds. The normalized spacial score (nSPS) is 16.3. The van der Waals surface area contributed by atoms with Gasteiger partial charge in [0.1, 0.15) is 12.6 Å². The van der Waals surface area contributed by atoms with E-state index in [4.69, 9.17) is 10.6 Å². The molecule has 1 aliphatic heterocycles. The van der Waals surface area contributed by atoms with Gasteiger partial charge in [-0.05, 0) is 31.4 Å². The average Bonchev–Trinajstić information content (AvgIpc) is 3.31. The lowest BCUT2D eigenvalue weighted by Gasteiger charge is -2.36. The Balaban J connectivity index is 1.58. The molecule has 18 heteroatoms. The summed E-state index contributed by atoms with van der Waals surface area (Å²) in [5.74, 6) is -1.71. The fraction of sp³-hybridized carbons (Fsp3) is 0.357. The monoisotopic (exact) mass is 503 g/mol. The van der Waals surface area contributed by atoms with Gasteiger partial charge >= 0.3 is 16.2 Å². The summed E-state index contributed by atoms with van der Waals surface area (Å²) < 4.78 is 35.6. The molecule has 0 aromatic carbocycles. The van der Waals surface area contributed by atoms with Crippen molar-refractivity contribution in [1.29, 1.82) is 0 Å². The van der Waals surface area contributed by atoms with E-state index < -0.39 is 34.1 Å². The first-order valence-corrected chi connectivity index (χ1v) is 11.8. The van der Waals surface area contributed by atoms with Gasteiger partial charge < -0.3 is 15.9 Å². The molecule has 0 bridgehead atoms. The average molecular weight is 504 g/mol. The molecule has 5 N–H and O–H groups in total. The Kier molecular flexibility index (Phi) is 6.84. The van der Waals surface area contributed by atoms with Gasteiger partial charge in [0.25, 0.3) is 11.8 Å². The van der Waals surface area contributed by atoms with Crippen LogP contribution in [0.5, 0.6) is 0 Å². The summed E-state index contributed by atoms with van der Waals surface area (Å²) in [6, 6.07) is -0.800. The number of nitrogens with one attached hydrogen (secondary N) is 3. The number of aryl methyl sites for hydroxylation is 1. The molecule has 0 saturated carbocycles. The summed E-state index contributed by atoms with van der Waals surface area (Å²) in [5, 5.41) is 6.10. The van der Waals surface area contributed by atoms with Crippen molar-refractivity contribution in [3.8, 4) is 0 Å². The van der Waals surface area contributed by atoms with Gasteiger partial charge in [-0.15, -0.1) is 0 Å². The lowest BCUT2D eigenvalue weighted by Crippen LogP contribution is -2.68. The standard InChI is InChI=1S/C14H17N9O6S3/c1-3-29-18-9(10-17-13(15)31-20-10)11(24)16-7-5-23(12(7)25)14(26)22-32(27,28)21-8-4-6(2)30-19-8/h4,7H,3,5H2,1-2H3,(H,16,24)(H,19,21)(H,22,26)(H2,15,17,20)/b18-9-/t7-/m0/s1. The Bertz CT molecular complexity index is 1170. The van der Waals surface area contributed by atoms with Crippen LogP contribution in [0.3, 0.4) is 0 Å². The van der Waals surface area contributed by atoms with E-state index >= 15 is 0 Å². The topological polar surface area (TPSA) is 211 Å². The van der Waals surface area contributed by atoms with Gasteiger partial charge in [0.2, 0.25) is 11.5 Å². The molecule has 2 aromatic heterocycles. The second kappa shape index (κ2) is 9.40. The van der Waals surface area contributed by atoms with Crippen LogP contribution in [0.25, 0.3) is 0 Å². The van der Waals surface area contributed by atoms with Crippen LogP contribution in [-0.4, -0.2) is 69.8 Å². The fourth-order valence-corrected chi connectivity index (χ4v) is 4.10. The summed E-state index contributed by atoms with van der Waals surface area (Å²) in [6.07, 6.45) is 0. The zero-order valence-electron chi connectivity index (χ0n) is 16.6. The highest BCUT2D eigenvalue weighted by Gasteiger charge is 2.43. The maximum Gasteiger partial charge on any atom is 0.339 e. The molecule has 1 aliphatic rings. The number of nitrogen functional groups attached to an aromatic ring is 1. The summed E-state index contributed by atoms with van der Waals surface area (Å²) in [7, 11) is -4.31. The fourth-order valence-electron chi connectivity index (χ4n) is 2.34. The van der Waals surface area contributed by atoms with E-state index in [1.165, 1.54) is 6.07 Å². The lowest BCUT2D eigenvalue weighted by molar-refractivity contribution is -0.141. The number of likely N-dealkylation sites (tertiary alicyclic amines) is 1. The van der Waals surface area contributed by atoms with Crippen LogP contribution in [-0.2, 0) is 24.6 Å². The van der Waals surface area contributed by atoms with E-state index in [2.05, 4.69) is 28.9 Å². The van der Waals surface area contributed by atoms with E-state index in [9.17, 15) is 22.8 Å². The number of hydrogen-bond acceptors (Lipinski definition) is 13. The number of hydrogen-bond donors (Lipinski definition) is 4. The van der Waals surface area contributed by atoms with Crippen molar-refractivity contribution in [2.45, 2.75) is 19.9 Å². The Morgan fingerprint density at radius 1 is 1.38 bits per heavy atom. The minimum Gasteiger partial charge on any atom is -0.395 e. The number of rotatable bonds is 8. The van der Waals surface area contributed by atoms with Crippen LogP contribution in [0.15, 0.2) is 11.2 Å². The van der Waals surface area contributed by atoms with Crippen molar-refractivity contribution in [2.75, 3.05) is 23.6 Å². The van der Waals surface area contributed by atoms with Gasteiger partial charge in [-0.2, -0.15) is 22.1 Å². The number of anilines is 2. The number of aromatic nitrogens is 3. The number of oxime groups is 1. The largest absolute Gasteiger partial charge is 0.395 e. The molecule has 172 valence electrons. The van der Waals surface area contributed by atoms with Crippen molar-refractivity contribution in [3.05, 3.63) is 16.8 Å². The number of nitrogens with two attached hydrogens (primary N) is 1. The molecule has 0 radical (unpaired) electrons. The molecule has 15 nitrogen and oxygen atoms in total. The zero-order valence-corrected chi connectivity index (χ0v) is 19.0. The molecule has 3 heterocycles. The lowest BCUT2D eigenvalue weighted by atomic mass is 10.1. The summed E-state index contributed by atoms with van der Waals surface area (Å²) >= 11 is 1.91. The molecule has 2 aromatic rings. The maximum absolute atomic E-state index is 12.5. The minimum absolute atomic E-state index is 0.0327. The van der Waals surface area contributed by atoms with Crippen LogP contribution in [0, 0.1) is 6.92 Å². The second-order valence-corrected chi connectivity index (χ2v) is 9.33. The van der Waals surface area contributed by atoms with E-state index in [0.717, 1.165) is 27.9 Å². The molecular weight excluding hydrogens is 486 g/mol. The van der Waals surface area contributed by atoms with Gasteiger partial charge in [-0.1, -0.05) is 5.16 Å². The summed E-state index contributed by atoms with van der Waals surface area (Å²) in [6.45, 7) is 3.27. The van der Waals surface area contributed by atoms with E-state index in [1.807, 2.05) is 0 Å². The number of amides is 4. The van der Waals surface area contributed by atoms with Crippen LogP contribution < -0.4 is 20.5 Å². The van der Waals surface area contributed by atoms with Gasteiger partial charge in [0.15, 0.2) is 10.9 Å². The third kappa shape index (κ3) is 5.45. The first-order chi connectivity index (χ1) is 15.1. The maximum atomic E-state index is 12.5. The summed E-state index contributed by atoms with van der Waals surface area (Å²) in [5.41, 5.74) is 5.21. The minimum atomic E-state index is -4.31. The van der Waals surface area contributed by atoms with Crippen molar-refractivity contribution < 1.29 is 27.6 Å². The highest BCUT2D eigenvalue weighted by Crippen LogP contribution is 2.15. The highest BCUT2D eigenvalue weighted by atomic mass is 32.2. The van der Waals surface area contributed by atoms with Crippen molar-refractivity contribution in [3.63, 3.8) is 0 Å². The van der Waals surface area contributed by atoms with Gasteiger partial charge in [-0.3, -0.25) is 14.5 Å². The van der Waals surface area contributed by atoms with Crippen LogP contribution >= 0.6 is 23.1 Å².